The molecule has 0 aliphatic carbocycles. The highest BCUT2D eigenvalue weighted by Crippen LogP contribution is 2.45. The van der Waals surface area contributed by atoms with Gasteiger partial charge in [-0.1, -0.05) is 125 Å². The topological polar surface area (TPSA) is 0 Å². The summed E-state index contributed by atoms with van der Waals surface area (Å²) in [7, 11) is 0. The van der Waals surface area contributed by atoms with Gasteiger partial charge in [-0.3, -0.25) is 0 Å². The molecule has 46 heavy (non-hydrogen) atoms. The van der Waals surface area contributed by atoms with Crippen LogP contribution in [0, 0.1) is 13.8 Å². The molecule has 0 radical (unpaired) electrons. The van der Waals surface area contributed by atoms with Crippen molar-refractivity contribution in [2.75, 3.05) is 0 Å². The minimum atomic E-state index is 1.17. The number of unbranched alkanes of at least 4 members (excludes halogenated alkanes) is 6. The first-order chi connectivity index (χ1) is 22.6. The van der Waals surface area contributed by atoms with E-state index in [9.17, 15) is 0 Å². The molecule has 0 unspecified atom stereocenters. The molecule has 0 N–H and O–H groups in total. The standard InChI is InChI=1S/C46H48/c1-5-7-9-11-13-33-17-21-35(22-18-33)37-27-41-31(3)15-25-39-40-26-16-32(4)42-28-38(30-44(46(40)42)43(29-37)45(39)41)36-23-19-34(20-24-36)14-12-10-8-6-2/h15-30H,5-14H2,1-4H3. The van der Waals surface area contributed by atoms with Crippen LogP contribution in [0.1, 0.15) is 87.5 Å². The largest absolute Gasteiger partial charge is 0.0654 e. The van der Waals surface area contributed by atoms with Crippen molar-refractivity contribution in [2.24, 2.45) is 0 Å². The summed E-state index contributed by atoms with van der Waals surface area (Å²) in [5.41, 5.74) is 10.8. The summed E-state index contributed by atoms with van der Waals surface area (Å²) < 4.78 is 0. The normalized spacial score (nSPS) is 11.9. The predicted octanol–water partition coefficient (Wildman–Crippen LogP) is 13.9. The van der Waals surface area contributed by atoms with E-state index in [2.05, 4.69) is 125 Å². The first-order valence-corrected chi connectivity index (χ1v) is 17.9. The smallest absolute Gasteiger partial charge is 0.00233 e. The van der Waals surface area contributed by atoms with Crippen LogP contribution in [0.25, 0.3) is 65.3 Å². The molecule has 0 fully saturated rings. The Labute approximate surface area is 275 Å². The second-order valence-electron chi connectivity index (χ2n) is 13.8. The van der Waals surface area contributed by atoms with Crippen LogP contribution < -0.4 is 0 Å². The Bertz CT molecular complexity index is 1950. The van der Waals surface area contributed by atoms with Crippen molar-refractivity contribution in [1.29, 1.82) is 0 Å². The lowest BCUT2D eigenvalue weighted by atomic mass is 9.84. The lowest BCUT2D eigenvalue weighted by Crippen LogP contribution is -1.93. The lowest BCUT2D eigenvalue weighted by molar-refractivity contribution is 0.667. The van der Waals surface area contributed by atoms with Crippen molar-refractivity contribution in [3.63, 3.8) is 0 Å². The van der Waals surface area contributed by atoms with Crippen molar-refractivity contribution in [2.45, 2.75) is 91.9 Å². The van der Waals surface area contributed by atoms with Crippen molar-refractivity contribution >= 4 is 43.1 Å². The summed E-state index contributed by atoms with van der Waals surface area (Å²) in [4.78, 5) is 0. The summed E-state index contributed by atoms with van der Waals surface area (Å²) in [6.45, 7) is 9.11. The molecule has 0 heterocycles. The zero-order chi connectivity index (χ0) is 31.6. The van der Waals surface area contributed by atoms with Crippen molar-refractivity contribution in [3.8, 4) is 22.3 Å². The quantitative estimate of drug-likeness (QED) is 0.0743. The molecule has 7 rings (SSSR count). The van der Waals surface area contributed by atoms with E-state index in [1.54, 1.807) is 0 Å². The molecule has 0 nitrogen and oxygen atoms in total. The Morgan fingerprint density at radius 1 is 0.348 bits per heavy atom. The van der Waals surface area contributed by atoms with Gasteiger partial charge in [0.25, 0.3) is 0 Å². The van der Waals surface area contributed by atoms with E-state index in [1.807, 2.05) is 0 Å². The van der Waals surface area contributed by atoms with Gasteiger partial charge in [0, 0.05) is 0 Å². The van der Waals surface area contributed by atoms with Crippen molar-refractivity contribution in [1.82, 2.24) is 0 Å². The molecule has 7 aromatic carbocycles. The second kappa shape index (κ2) is 13.3. The van der Waals surface area contributed by atoms with Gasteiger partial charge in [0.1, 0.15) is 0 Å². The van der Waals surface area contributed by atoms with E-state index in [4.69, 9.17) is 0 Å². The molecular weight excluding hydrogens is 553 g/mol. The molecule has 0 aliphatic heterocycles. The molecule has 7 aromatic rings. The minimum absolute atomic E-state index is 1.17. The number of hydrogen-bond donors (Lipinski definition) is 0. The van der Waals surface area contributed by atoms with Crippen LogP contribution in [0.5, 0.6) is 0 Å². The Hall–Kier alpha value is -4.16. The van der Waals surface area contributed by atoms with E-state index >= 15 is 0 Å². The average Bonchev–Trinajstić information content (AvgIpc) is 3.09. The fourth-order valence-electron chi connectivity index (χ4n) is 7.70. The molecule has 0 aromatic heterocycles. The van der Waals surface area contributed by atoms with Crippen LogP contribution in [-0.4, -0.2) is 0 Å². The van der Waals surface area contributed by atoms with Crippen LogP contribution in [0.2, 0.25) is 0 Å². The Morgan fingerprint density at radius 3 is 1.13 bits per heavy atom. The van der Waals surface area contributed by atoms with E-state index in [0.29, 0.717) is 0 Å². The number of rotatable bonds is 12. The maximum Gasteiger partial charge on any atom is -0.00233 e. The van der Waals surface area contributed by atoms with Gasteiger partial charge in [0.15, 0.2) is 0 Å². The summed E-state index contributed by atoms with van der Waals surface area (Å²) in [5.74, 6) is 0. The maximum atomic E-state index is 2.48. The monoisotopic (exact) mass is 600 g/mol. The summed E-state index contributed by atoms with van der Waals surface area (Å²) in [5, 5.41) is 11.0. The number of benzene rings is 7. The van der Waals surface area contributed by atoms with Crippen LogP contribution in [0.4, 0.5) is 0 Å². The molecule has 0 aliphatic rings. The summed E-state index contributed by atoms with van der Waals surface area (Å²) >= 11 is 0. The van der Waals surface area contributed by atoms with Crippen LogP contribution >= 0.6 is 0 Å². The minimum Gasteiger partial charge on any atom is -0.0654 e. The molecular formula is C46H48. The highest BCUT2D eigenvalue weighted by Gasteiger charge is 2.18. The first-order valence-electron chi connectivity index (χ1n) is 17.9. The lowest BCUT2D eigenvalue weighted by Gasteiger charge is -2.19. The molecule has 0 heteroatoms. The highest BCUT2D eigenvalue weighted by molar-refractivity contribution is 6.34. The maximum absolute atomic E-state index is 2.48. The van der Waals surface area contributed by atoms with Crippen LogP contribution in [0.15, 0.2) is 97.1 Å². The Morgan fingerprint density at radius 2 is 0.739 bits per heavy atom. The fraction of sp³-hybridized carbons (Fsp3) is 0.304. The zero-order valence-electron chi connectivity index (χ0n) is 28.3. The molecule has 0 saturated heterocycles. The SMILES string of the molecule is CCCCCCc1ccc(-c2cc3c(C)ccc4c5ccc(C)c6cc(-c7ccc(CCCCCC)cc7)cc(c(c2)c34)c65)cc1. The third-order valence-electron chi connectivity index (χ3n) is 10.5. The Balaban J connectivity index is 1.38. The van der Waals surface area contributed by atoms with Crippen LogP contribution in [0.3, 0.4) is 0 Å². The third kappa shape index (κ3) is 5.79. The van der Waals surface area contributed by atoms with E-state index < -0.39 is 0 Å². The average molecular weight is 601 g/mol. The molecule has 0 spiro atoms. The molecule has 0 saturated carbocycles. The van der Waals surface area contributed by atoms with E-state index in [-0.39, 0.29) is 0 Å². The molecule has 0 bridgehead atoms. The van der Waals surface area contributed by atoms with E-state index in [0.717, 1.165) is 0 Å². The van der Waals surface area contributed by atoms with Crippen LogP contribution in [-0.2, 0) is 12.8 Å². The van der Waals surface area contributed by atoms with Gasteiger partial charge >= 0.3 is 0 Å². The summed E-state index contributed by atoms with van der Waals surface area (Å²) in [6.07, 6.45) is 12.8. The summed E-state index contributed by atoms with van der Waals surface area (Å²) in [6, 6.07) is 38.0. The number of hydrogen-bond acceptors (Lipinski definition) is 0. The number of aryl methyl sites for hydroxylation is 4. The van der Waals surface area contributed by atoms with Crippen molar-refractivity contribution in [3.05, 3.63) is 119 Å². The second-order valence-corrected chi connectivity index (χ2v) is 13.8. The third-order valence-corrected chi connectivity index (χ3v) is 10.5. The molecule has 0 amide bonds. The van der Waals surface area contributed by atoms with Gasteiger partial charge in [-0.05, 0) is 151 Å². The first kappa shape index (κ1) is 30.5. The van der Waals surface area contributed by atoms with Gasteiger partial charge < -0.3 is 0 Å². The van der Waals surface area contributed by atoms with Gasteiger partial charge in [0.2, 0.25) is 0 Å². The van der Waals surface area contributed by atoms with Gasteiger partial charge in [-0.25, -0.2) is 0 Å². The highest BCUT2D eigenvalue weighted by atomic mass is 14.2. The van der Waals surface area contributed by atoms with E-state index in [1.165, 1.54) is 152 Å². The van der Waals surface area contributed by atoms with Crippen molar-refractivity contribution < 1.29 is 0 Å². The predicted molar refractivity (Wildman–Crippen MR) is 204 cm³/mol. The fourth-order valence-corrected chi connectivity index (χ4v) is 7.70. The Kier molecular flexibility index (Phi) is 8.81. The molecule has 0 atom stereocenters. The number of fused-ring (bicyclic) bond motifs is 2. The van der Waals surface area contributed by atoms with Gasteiger partial charge in [-0.2, -0.15) is 0 Å². The molecule has 232 valence electrons. The van der Waals surface area contributed by atoms with Gasteiger partial charge in [-0.15, -0.1) is 0 Å². The van der Waals surface area contributed by atoms with Gasteiger partial charge in [0.05, 0.1) is 0 Å². The zero-order valence-corrected chi connectivity index (χ0v) is 28.3.